The van der Waals surface area contributed by atoms with Crippen molar-refractivity contribution in [2.24, 2.45) is 0 Å². The summed E-state index contributed by atoms with van der Waals surface area (Å²) in [6, 6.07) is 13.8. The molecule has 0 fully saturated rings. The number of nitrogens with one attached hydrogen (secondary N) is 1. The minimum Gasteiger partial charge on any atom is -0.455 e. The smallest absolute Gasteiger partial charge is 0.310 e. The number of aromatic nitrogens is 1. The third-order valence-corrected chi connectivity index (χ3v) is 5.38. The lowest BCUT2D eigenvalue weighted by molar-refractivity contribution is -0.147. The first kappa shape index (κ1) is 19.0. The quantitative estimate of drug-likeness (QED) is 0.636. The Kier molecular flexibility index (Phi) is 6.19. The Labute approximate surface area is 162 Å². The van der Waals surface area contributed by atoms with Crippen LogP contribution in [0.4, 0.5) is 0 Å². The number of amides is 1. The summed E-state index contributed by atoms with van der Waals surface area (Å²) in [4.78, 5) is 28.3. The first-order valence-electron chi connectivity index (χ1n) is 8.84. The van der Waals surface area contributed by atoms with Gasteiger partial charge in [-0.05, 0) is 42.7 Å². The molecular weight excluding hydrogens is 360 g/mol. The Morgan fingerprint density at radius 1 is 1.11 bits per heavy atom. The molecule has 0 radical (unpaired) electrons. The minimum atomic E-state index is -0.403. The fraction of sp³-hybridized carbons (Fsp3) is 0.286. The predicted octanol–water partition coefficient (Wildman–Crippen LogP) is 3.36. The summed E-state index contributed by atoms with van der Waals surface area (Å²) in [6.45, 7) is 4.23. The molecule has 3 aromatic rings. The molecule has 2 aromatic carbocycles. The summed E-state index contributed by atoms with van der Waals surface area (Å²) >= 11 is 1.62. The van der Waals surface area contributed by atoms with Gasteiger partial charge in [-0.15, -0.1) is 11.3 Å². The van der Waals surface area contributed by atoms with Crippen LogP contribution in [0.3, 0.4) is 0 Å². The highest BCUT2D eigenvalue weighted by Crippen LogP contribution is 2.21. The maximum absolute atomic E-state index is 11.9. The number of hydrogen-bond donors (Lipinski definition) is 1. The molecular formula is C21H22N2O3S. The van der Waals surface area contributed by atoms with Gasteiger partial charge >= 0.3 is 5.97 Å². The van der Waals surface area contributed by atoms with Gasteiger partial charge in [-0.2, -0.15) is 0 Å². The normalized spacial score (nSPS) is 10.7. The molecule has 6 heteroatoms. The second-order valence-electron chi connectivity index (χ2n) is 6.43. The first-order chi connectivity index (χ1) is 13.0. The molecule has 3 rings (SSSR count). The molecule has 1 heterocycles. The standard InChI is InChI=1S/C21H22N2O3S/c1-14-7-8-16(11-15(14)2)12-21(25)26-13-19(24)22-10-9-20-23-17-5-3-4-6-18(17)27-20/h3-8,11H,9-10,12-13H2,1-2H3,(H,22,24). The van der Waals surface area contributed by atoms with Gasteiger partial charge in [0.15, 0.2) is 6.61 Å². The van der Waals surface area contributed by atoms with Crippen LogP contribution in [0.15, 0.2) is 42.5 Å². The summed E-state index contributed by atoms with van der Waals surface area (Å²) in [5, 5.41) is 3.74. The van der Waals surface area contributed by atoms with E-state index in [0.29, 0.717) is 13.0 Å². The van der Waals surface area contributed by atoms with E-state index < -0.39 is 5.97 Å². The summed E-state index contributed by atoms with van der Waals surface area (Å²) in [5.74, 6) is -0.705. The van der Waals surface area contributed by atoms with Gasteiger partial charge in [0.2, 0.25) is 0 Å². The number of nitrogens with zero attached hydrogens (tertiary/aromatic N) is 1. The van der Waals surface area contributed by atoms with E-state index in [4.69, 9.17) is 4.74 Å². The number of para-hydroxylation sites is 1. The zero-order valence-electron chi connectivity index (χ0n) is 15.5. The SMILES string of the molecule is Cc1ccc(CC(=O)OCC(=O)NCCc2nc3ccccc3s2)cc1C. The van der Waals surface area contributed by atoms with Crippen molar-refractivity contribution in [1.29, 1.82) is 0 Å². The number of hydrogen-bond acceptors (Lipinski definition) is 5. The number of aryl methyl sites for hydroxylation is 2. The van der Waals surface area contributed by atoms with Crippen LogP contribution in [0, 0.1) is 13.8 Å². The van der Waals surface area contributed by atoms with Gasteiger partial charge in [-0.25, -0.2) is 4.98 Å². The number of esters is 1. The van der Waals surface area contributed by atoms with Crippen LogP contribution in [0.1, 0.15) is 21.7 Å². The van der Waals surface area contributed by atoms with Gasteiger partial charge in [0.05, 0.1) is 21.6 Å². The lowest BCUT2D eigenvalue weighted by Crippen LogP contribution is -2.30. The van der Waals surface area contributed by atoms with Crippen molar-refractivity contribution in [3.05, 3.63) is 64.2 Å². The Bertz CT molecular complexity index is 932. The van der Waals surface area contributed by atoms with E-state index in [9.17, 15) is 9.59 Å². The van der Waals surface area contributed by atoms with Crippen molar-refractivity contribution in [2.45, 2.75) is 26.7 Å². The number of ether oxygens (including phenoxy) is 1. The van der Waals surface area contributed by atoms with Crippen LogP contribution in [0.25, 0.3) is 10.2 Å². The number of fused-ring (bicyclic) bond motifs is 1. The highest BCUT2D eigenvalue weighted by atomic mass is 32.1. The van der Waals surface area contributed by atoms with Gasteiger partial charge in [0, 0.05) is 13.0 Å². The zero-order valence-corrected chi connectivity index (χ0v) is 16.3. The third kappa shape index (κ3) is 5.37. The predicted molar refractivity (Wildman–Crippen MR) is 107 cm³/mol. The van der Waals surface area contributed by atoms with Gasteiger partial charge in [-0.3, -0.25) is 9.59 Å². The van der Waals surface area contributed by atoms with E-state index in [2.05, 4.69) is 10.3 Å². The molecule has 0 spiro atoms. The van der Waals surface area contributed by atoms with E-state index in [1.807, 2.05) is 56.3 Å². The van der Waals surface area contributed by atoms with Gasteiger partial charge in [0.1, 0.15) is 0 Å². The number of benzene rings is 2. The van der Waals surface area contributed by atoms with Crippen LogP contribution in [-0.2, 0) is 27.2 Å². The summed E-state index contributed by atoms with van der Waals surface area (Å²) in [7, 11) is 0. The van der Waals surface area contributed by atoms with Gasteiger partial charge < -0.3 is 10.1 Å². The molecule has 5 nitrogen and oxygen atoms in total. The monoisotopic (exact) mass is 382 g/mol. The molecule has 0 unspecified atom stereocenters. The fourth-order valence-electron chi connectivity index (χ4n) is 2.66. The highest BCUT2D eigenvalue weighted by Gasteiger charge is 2.10. The molecule has 1 aromatic heterocycles. The van der Waals surface area contributed by atoms with Crippen molar-refractivity contribution in [2.75, 3.05) is 13.2 Å². The second-order valence-corrected chi connectivity index (χ2v) is 7.55. The van der Waals surface area contributed by atoms with Crippen molar-refractivity contribution >= 4 is 33.4 Å². The van der Waals surface area contributed by atoms with Crippen molar-refractivity contribution in [1.82, 2.24) is 10.3 Å². The molecule has 0 saturated carbocycles. The second kappa shape index (κ2) is 8.77. The Balaban J connectivity index is 1.38. The molecule has 27 heavy (non-hydrogen) atoms. The molecule has 1 amide bonds. The number of rotatable bonds is 7. The fourth-order valence-corrected chi connectivity index (χ4v) is 3.63. The zero-order chi connectivity index (χ0) is 19.2. The Hall–Kier alpha value is -2.73. The molecule has 0 aliphatic rings. The number of carbonyl (C=O) groups is 2. The van der Waals surface area contributed by atoms with Crippen LogP contribution in [-0.4, -0.2) is 30.0 Å². The van der Waals surface area contributed by atoms with Crippen LogP contribution in [0.2, 0.25) is 0 Å². The lowest BCUT2D eigenvalue weighted by Gasteiger charge is -2.07. The maximum Gasteiger partial charge on any atom is 0.310 e. The number of thiazole rings is 1. The van der Waals surface area contributed by atoms with E-state index in [0.717, 1.165) is 26.4 Å². The van der Waals surface area contributed by atoms with Crippen LogP contribution in [0.5, 0.6) is 0 Å². The molecule has 0 atom stereocenters. The Morgan fingerprint density at radius 3 is 2.70 bits per heavy atom. The van der Waals surface area contributed by atoms with E-state index in [-0.39, 0.29) is 18.9 Å². The summed E-state index contributed by atoms with van der Waals surface area (Å²) < 4.78 is 6.20. The molecule has 0 bridgehead atoms. The molecule has 140 valence electrons. The van der Waals surface area contributed by atoms with Crippen LogP contribution >= 0.6 is 11.3 Å². The first-order valence-corrected chi connectivity index (χ1v) is 9.66. The lowest BCUT2D eigenvalue weighted by atomic mass is 10.0. The third-order valence-electron chi connectivity index (χ3n) is 4.28. The summed E-state index contributed by atoms with van der Waals surface area (Å²) in [5.41, 5.74) is 4.18. The van der Waals surface area contributed by atoms with Gasteiger partial charge in [0.25, 0.3) is 5.91 Å². The van der Waals surface area contributed by atoms with E-state index in [1.165, 1.54) is 5.56 Å². The average molecular weight is 382 g/mol. The minimum absolute atomic E-state index is 0.167. The number of carbonyl (C=O) groups excluding carboxylic acids is 2. The van der Waals surface area contributed by atoms with Crippen LogP contribution < -0.4 is 5.32 Å². The molecule has 0 aliphatic heterocycles. The molecule has 0 aliphatic carbocycles. The van der Waals surface area contributed by atoms with E-state index in [1.54, 1.807) is 11.3 Å². The highest BCUT2D eigenvalue weighted by molar-refractivity contribution is 7.18. The Morgan fingerprint density at radius 2 is 1.93 bits per heavy atom. The summed E-state index contributed by atoms with van der Waals surface area (Å²) in [6.07, 6.45) is 0.821. The van der Waals surface area contributed by atoms with Crippen molar-refractivity contribution in [3.63, 3.8) is 0 Å². The largest absolute Gasteiger partial charge is 0.455 e. The van der Waals surface area contributed by atoms with Crippen molar-refractivity contribution in [3.8, 4) is 0 Å². The van der Waals surface area contributed by atoms with Crippen molar-refractivity contribution < 1.29 is 14.3 Å². The molecule has 1 N–H and O–H groups in total. The molecule has 0 saturated heterocycles. The average Bonchev–Trinajstić information content (AvgIpc) is 3.06. The maximum atomic E-state index is 11.9. The van der Waals surface area contributed by atoms with E-state index >= 15 is 0 Å². The van der Waals surface area contributed by atoms with Gasteiger partial charge in [-0.1, -0.05) is 30.3 Å². The topological polar surface area (TPSA) is 68.3 Å².